The third-order valence-corrected chi connectivity index (χ3v) is 6.99. The Morgan fingerprint density at radius 3 is 2.50 bits per heavy atom. The summed E-state index contributed by atoms with van der Waals surface area (Å²) in [6.45, 7) is 2.23. The molecule has 0 radical (unpaired) electrons. The number of benzene rings is 1. The number of thiazole rings is 1. The van der Waals surface area contributed by atoms with Crippen LogP contribution in [0.5, 0.6) is 0 Å². The molecule has 1 saturated heterocycles. The van der Waals surface area contributed by atoms with Crippen molar-refractivity contribution in [3.63, 3.8) is 0 Å². The van der Waals surface area contributed by atoms with E-state index in [1.54, 1.807) is 23.8 Å². The zero-order valence-corrected chi connectivity index (χ0v) is 17.4. The largest absolute Gasteiger partial charge is 0.372 e. The first-order chi connectivity index (χ1) is 13.6. The maximum absolute atomic E-state index is 12.6. The number of nitrogens with zero attached hydrogens (tertiary/aromatic N) is 2. The molecule has 4 nitrogen and oxygen atoms in total. The second-order valence-electron chi connectivity index (χ2n) is 6.94. The summed E-state index contributed by atoms with van der Waals surface area (Å²) in [7, 11) is 1.71. The minimum Gasteiger partial charge on any atom is -0.372 e. The van der Waals surface area contributed by atoms with Crippen molar-refractivity contribution in [2.45, 2.75) is 19.3 Å². The Morgan fingerprint density at radius 1 is 1.07 bits per heavy atom. The van der Waals surface area contributed by atoms with Crippen molar-refractivity contribution in [2.24, 2.45) is 7.05 Å². The van der Waals surface area contributed by atoms with Crippen LogP contribution in [-0.4, -0.2) is 23.4 Å². The molecule has 0 amide bonds. The van der Waals surface area contributed by atoms with Gasteiger partial charge in [-0.15, -0.1) is 22.7 Å². The lowest BCUT2D eigenvalue weighted by Crippen LogP contribution is -2.29. The zero-order valence-electron chi connectivity index (χ0n) is 15.8. The first-order valence-corrected chi connectivity index (χ1v) is 11.1. The lowest BCUT2D eigenvalue weighted by molar-refractivity contribution is 0.106. The maximum atomic E-state index is 12.6. The number of anilines is 1. The molecule has 0 saturated carbocycles. The van der Waals surface area contributed by atoms with Crippen LogP contribution in [0.3, 0.4) is 0 Å². The number of piperidine rings is 1. The standard InChI is InChI=1S/C22H22N2O2S2/c1-23-21(15-18(25)19-6-5-13-27-19)28-20(22(23)26)14-16-7-9-17(10-8-16)24-11-3-2-4-12-24/h5-10,13-15H,2-4,11-12H2,1H3/b20-14+,21-15-. The zero-order chi connectivity index (χ0) is 19.5. The van der Waals surface area contributed by atoms with E-state index in [1.807, 2.05) is 17.5 Å². The van der Waals surface area contributed by atoms with E-state index in [4.69, 9.17) is 0 Å². The molecule has 144 valence electrons. The third-order valence-electron chi connectivity index (χ3n) is 4.99. The number of hydrogen-bond acceptors (Lipinski definition) is 5. The van der Waals surface area contributed by atoms with E-state index in [2.05, 4.69) is 29.2 Å². The minimum atomic E-state index is -0.0738. The molecule has 0 atom stereocenters. The maximum Gasteiger partial charge on any atom is 0.268 e. The molecule has 0 N–H and O–H groups in total. The number of thiophene rings is 1. The molecule has 1 aromatic carbocycles. The molecular formula is C22H22N2O2S2. The molecule has 28 heavy (non-hydrogen) atoms. The predicted molar refractivity (Wildman–Crippen MR) is 118 cm³/mol. The molecule has 0 bridgehead atoms. The van der Waals surface area contributed by atoms with E-state index in [0.717, 1.165) is 18.7 Å². The van der Waals surface area contributed by atoms with Gasteiger partial charge in [-0.3, -0.25) is 9.59 Å². The Balaban J connectivity index is 1.63. The van der Waals surface area contributed by atoms with Gasteiger partial charge in [0.2, 0.25) is 0 Å². The van der Waals surface area contributed by atoms with Gasteiger partial charge in [0, 0.05) is 31.9 Å². The van der Waals surface area contributed by atoms with Gasteiger partial charge in [0.15, 0.2) is 5.78 Å². The van der Waals surface area contributed by atoms with Crippen molar-refractivity contribution >= 4 is 46.3 Å². The third kappa shape index (κ3) is 4.03. The molecule has 1 fully saturated rings. The Labute approximate surface area is 171 Å². The summed E-state index contributed by atoms with van der Waals surface area (Å²) in [5.74, 6) is -0.0655. The Morgan fingerprint density at radius 2 is 1.82 bits per heavy atom. The van der Waals surface area contributed by atoms with Gasteiger partial charge in [0.25, 0.3) is 5.56 Å². The number of carbonyl (C=O) groups excluding carboxylic acids is 1. The van der Waals surface area contributed by atoms with Crippen LogP contribution in [0.2, 0.25) is 0 Å². The molecule has 0 aliphatic carbocycles. The highest BCUT2D eigenvalue weighted by Crippen LogP contribution is 2.20. The predicted octanol–water partition coefficient (Wildman–Crippen LogP) is 2.99. The Bertz CT molecular complexity index is 1130. The highest BCUT2D eigenvalue weighted by molar-refractivity contribution is 7.12. The summed E-state index contributed by atoms with van der Waals surface area (Å²) in [5, 5.41) is 1.88. The topological polar surface area (TPSA) is 42.3 Å². The molecule has 0 unspecified atom stereocenters. The van der Waals surface area contributed by atoms with Crippen molar-refractivity contribution in [3.8, 4) is 0 Å². The Hall–Kier alpha value is -2.44. The molecule has 4 rings (SSSR count). The normalized spacial score (nSPS) is 16.0. The van der Waals surface area contributed by atoms with Gasteiger partial charge in [0.05, 0.1) is 9.41 Å². The fourth-order valence-electron chi connectivity index (χ4n) is 3.39. The van der Waals surface area contributed by atoms with Gasteiger partial charge in [-0.1, -0.05) is 18.2 Å². The van der Waals surface area contributed by atoms with Crippen LogP contribution in [0.1, 0.15) is 34.5 Å². The Kier molecular flexibility index (Phi) is 5.59. The van der Waals surface area contributed by atoms with Gasteiger partial charge < -0.3 is 9.47 Å². The lowest BCUT2D eigenvalue weighted by atomic mass is 10.1. The summed E-state index contributed by atoms with van der Waals surface area (Å²) < 4.78 is 2.85. The van der Waals surface area contributed by atoms with E-state index in [9.17, 15) is 9.59 Å². The second-order valence-corrected chi connectivity index (χ2v) is 8.95. The summed E-state index contributed by atoms with van der Waals surface area (Å²) in [6.07, 6.45) is 7.28. The van der Waals surface area contributed by atoms with Crippen molar-refractivity contribution < 1.29 is 4.79 Å². The molecule has 0 spiro atoms. The number of aromatic nitrogens is 1. The van der Waals surface area contributed by atoms with Crippen LogP contribution in [-0.2, 0) is 7.05 Å². The summed E-state index contributed by atoms with van der Waals surface area (Å²) in [4.78, 5) is 28.0. The van der Waals surface area contributed by atoms with E-state index in [1.165, 1.54) is 47.6 Å². The SMILES string of the molecule is Cn1c(=O)/c(=C\c2ccc(N3CCCCC3)cc2)s/c1=C\C(=O)c1cccs1. The average Bonchev–Trinajstić information content (AvgIpc) is 3.35. The fraction of sp³-hybridized carbons (Fsp3) is 0.273. The highest BCUT2D eigenvalue weighted by atomic mass is 32.1. The molecule has 2 aromatic heterocycles. The van der Waals surface area contributed by atoms with Crippen LogP contribution >= 0.6 is 22.7 Å². The van der Waals surface area contributed by atoms with Gasteiger partial charge in [-0.25, -0.2) is 0 Å². The quantitative estimate of drug-likeness (QED) is 0.621. The van der Waals surface area contributed by atoms with Crippen molar-refractivity contribution in [1.82, 2.24) is 4.57 Å². The van der Waals surface area contributed by atoms with Gasteiger partial charge in [0.1, 0.15) is 4.66 Å². The molecule has 3 heterocycles. The van der Waals surface area contributed by atoms with E-state index < -0.39 is 0 Å². The van der Waals surface area contributed by atoms with Crippen LogP contribution in [0.15, 0.2) is 46.6 Å². The second kappa shape index (κ2) is 8.29. The van der Waals surface area contributed by atoms with Crippen LogP contribution in [0.25, 0.3) is 12.2 Å². The van der Waals surface area contributed by atoms with Crippen LogP contribution in [0, 0.1) is 0 Å². The number of ketones is 1. The lowest BCUT2D eigenvalue weighted by Gasteiger charge is -2.28. The number of Topliss-reactive ketones (excluding diaryl/α,β-unsaturated/α-hetero) is 1. The van der Waals surface area contributed by atoms with E-state index in [0.29, 0.717) is 14.1 Å². The van der Waals surface area contributed by atoms with E-state index >= 15 is 0 Å². The molecule has 6 heteroatoms. The van der Waals surface area contributed by atoms with Gasteiger partial charge in [-0.05, 0) is 54.5 Å². The first kappa shape index (κ1) is 18.9. The summed E-state index contributed by atoms with van der Waals surface area (Å²) in [6, 6.07) is 12.0. The smallest absolute Gasteiger partial charge is 0.268 e. The molecule has 3 aromatic rings. The van der Waals surface area contributed by atoms with Gasteiger partial charge >= 0.3 is 0 Å². The summed E-state index contributed by atoms with van der Waals surface area (Å²) >= 11 is 2.76. The number of hydrogen-bond donors (Lipinski definition) is 0. The average molecular weight is 411 g/mol. The number of carbonyl (C=O) groups is 1. The summed E-state index contributed by atoms with van der Waals surface area (Å²) in [5.41, 5.74) is 2.16. The number of rotatable bonds is 4. The molecule has 1 aliphatic heterocycles. The fourth-order valence-corrected chi connectivity index (χ4v) is 5.06. The van der Waals surface area contributed by atoms with Crippen molar-refractivity contribution in [3.05, 3.63) is 71.8 Å². The molecular weight excluding hydrogens is 388 g/mol. The van der Waals surface area contributed by atoms with E-state index in [-0.39, 0.29) is 11.3 Å². The molecule has 1 aliphatic rings. The van der Waals surface area contributed by atoms with Crippen molar-refractivity contribution in [1.29, 1.82) is 0 Å². The monoisotopic (exact) mass is 410 g/mol. The van der Waals surface area contributed by atoms with Crippen LogP contribution < -0.4 is 19.7 Å². The first-order valence-electron chi connectivity index (χ1n) is 9.44. The minimum absolute atomic E-state index is 0.0655. The van der Waals surface area contributed by atoms with Gasteiger partial charge in [-0.2, -0.15) is 0 Å². The van der Waals surface area contributed by atoms with Crippen LogP contribution in [0.4, 0.5) is 5.69 Å². The highest BCUT2D eigenvalue weighted by Gasteiger charge is 2.10. The van der Waals surface area contributed by atoms with Crippen molar-refractivity contribution in [2.75, 3.05) is 18.0 Å².